The second-order valence-electron chi connectivity index (χ2n) is 6.06. The van der Waals surface area contributed by atoms with Crippen LogP contribution in [-0.4, -0.2) is 18.7 Å². The van der Waals surface area contributed by atoms with Crippen LogP contribution in [-0.2, 0) is 10.1 Å². The predicted octanol–water partition coefficient (Wildman–Crippen LogP) is 2.79. The van der Waals surface area contributed by atoms with E-state index in [0.717, 1.165) is 12.8 Å². The summed E-state index contributed by atoms with van der Waals surface area (Å²) in [5.41, 5.74) is 1.17. The molecule has 0 saturated carbocycles. The molecule has 0 atom stereocenters. The molecule has 0 aliphatic heterocycles. The standard InChI is InChI=1S/C12H26O3S.C8H8.Na/c1-2-3-4-5-6-7-8-9-10-11-12-16(13,14)15;1-2-8-6-4-3-5-7-8;/h2-12H2,1H3,(H,13,14,15);2-7H,1H2;/q;;+1/p-1. The fourth-order valence-electron chi connectivity index (χ4n) is 2.36. The van der Waals surface area contributed by atoms with E-state index in [1.807, 2.05) is 36.4 Å². The van der Waals surface area contributed by atoms with E-state index in [2.05, 4.69) is 13.5 Å². The molecule has 0 bridgehead atoms. The van der Waals surface area contributed by atoms with Crippen LogP contribution in [0.3, 0.4) is 0 Å². The third-order valence-corrected chi connectivity index (χ3v) is 4.57. The monoisotopic (exact) mass is 376 g/mol. The summed E-state index contributed by atoms with van der Waals surface area (Å²) in [4.78, 5) is 0. The maximum atomic E-state index is 10.3. The van der Waals surface area contributed by atoms with Crippen LogP contribution in [0.4, 0.5) is 0 Å². The summed E-state index contributed by atoms with van der Waals surface area (Å²) in [5, 5.41) is 0. The Hall–Kier alpha value is -0.130. The Morgan fingerprint density at radius 3 is 1.68 bits per heavy atom. The van der Waals surface area contributed by atoms with Gasteiger partial charge in [0, 0.05) is 5.75 Å². The Kier molecular flexibility index (Phi) is 20.2. The van der Waals surface area contributed by atoms with Gasteiger partial charge in [-0.3, -0.25) is 0 Å². The van der Waals surface area contributed by atoms with Gasteiger partial charge in [0.25, 0.3) is 0 Å². The minimum atomic E-state index is -3.98. The Labute approximate surface area is 177 Å². The first-order chi connectivity index (χ1) is 11.5. The van der Waals surface area contributed by atoms with Gasteiger partial charge in [-0.05, 0) is 12.0 Å². The Bertz CT molecular complexity index is 501. The molecule has 25 heavy (non-hydrogen) atoms. The van der Waals surface area contributed by atoms with Gasteiger partial charge < -0.3 is 4.55 Å². The second-order valence-corrected chi connectivity index (χ2v) is 7.58. The molecule has 3 nitrogen and oxygen atoms in total. The van der Waals surface area contributed by atoms with Crippen LogP contribution in [0.5, 0.6) is 0 Å². The van der Waals surface area contributed by atoms with Gasteiger partial charge in [-0.1, -0.05) is 108 Å². The van der Waals surface area contributed by atoms with E-state index in [9.17, 15) is 13.0 Å². The van der Waals surface area contributed by atoms with Crippen molar-refractivity contribution in [1.29, 1.82) is 0 Å². The Morgan fingerprint density at radius 2 is 1.32 bits per heavy atom. The third kappa shape index (κ3) is 21.8. The zero-order valence-electron chi connectivity index (χ0n) is 16.1. The fourth-order valence-corrected chi connectivity index (χ4v) is 2.91. The largest absolute Gasteiger partial charge is 1.00 e. The van der Waals surface area contributed by atoms with Crippen molar-refractivity contribution in [1.82, 2.24) is 0 Å². The molecule has 0 N–H and O–H groups in total. The second kappa shape index (κ2) is 18.7. The zero-order chi connectivity index (χ0) is 18.1. The smallest absolute Gasteiger partial charge is 0.748 e. The number of hydrogen-bond acceptors (Lipinski definition) is 3. The maximum Gasteiger partial charge on any atom is 1.00 e. The van der Waals surface area contributed by atoms with Gasteiger partial charge in [0.15, 0.2) is 0 Å². The van der Waals surface area contributed by atoms with Gasteiger partial charge in [-0.15, -0.1) is 0 Å². The van der Waals surface area contributed by atoms with Crippen molar-refractivity contribution < 1.29 is 42.5 Å². The Balaban J connectivity index is 0. The molecular formula is C20H33NaO3S. The Morgan fingerprint density at radius 1 is 0.880 bits per heavy atom. The molecule has 0 heterocycles. The molecule has 0 unspecified atom stereocenters. The molecule has 0 amide bonds. The first-order valence-electron chi connectivity index (χ1n) is 9.10. The van der Waals surface area contributed by atoms with Crippen LogP contribution >= 0.6 is 0 Å². The van der Waals surface area contributed by atoms with Gasteiger partial charge in [0.1, 0.15) is 0 Å². The van der Waals surface area contributed by atoms with Crippen LogP contribution in [0.25, 0.3) is 6.08 Å². The minimum Gasteiger partial charge on any atom is -0.748 e. The minimum absolute atomic E-state index is 0. The molecule has 5 heteroatoms. The van der Waals surface area contributed by atoms with Crippen LogP contribution in [0.1, 0.15) is 76.7 Å². The van der Waals surface area contributed by atoms with E-state index < -0.39 is 10.1 Å². The van der Waals surface area contributed by atoms with Gasteiger partial charge in [-0.25, -0.2) is 8.42 Å². The van der Waals surface area contributed by atoms with Crippen LogP contribution in [0, 0.1) is 0 Å². The number of rotatable bonds is 12. The molecule has 0 fully saturated rings. The van der Waals surface area contributed by atoms with Crippen LogP contribution < -0.4 is 29.6 Å². The zero-order valence-corrected chi connectivity index (χ0v) is 18.9. The molecule has 0 spiro atoms. The summed E-state index contributed by atoms with van der Waals surface area (Å²) in [7, 11) is -3.98. The topological polar surface area (TPSA) is 57.2 Å². The van der Waals surface area contributed by atoms with E-state index in [4.69, 9.17) is 0 Å². The molecular weight excluding hydrogens is 343 g/mol. The van der Waals surface area contributed by atoms with Crippen molar-refractivity contribution in [3.05, 3.63) is 42.5 Å². The van der Waals surface area contributed by atoms with Crippen molar-refractivity contribution in [3.8, 4) is 0 Å². The summed E-state index contributed by atoms with van der Waals surface area (Å²) in [6.45, 7) is 5.84. The van der Waals surface area contributed by atoms with Crippen molar-refractivity contribution >= 4 is 16.2 Å². The van der Waals surface area contributed by atoms with Crippen molar-refractivity contribution in [3.63, 3.8) is 0 Å². The predicted molar refractivity (Wildman–Crippen MR) is 103 cm³/mol. The number of unbranched alkanes of at least 4 members (excludes halogenated alkanes) is 9. The van der Waals surface area contributed by atoms with Crippen molar-refractivity contribution in [2.75, 3.05) is 5.75 Å². The van der Waals surface area contributed by atoms with E-state index in [1.54, 1.807) is 0 Å². The summed E-state index contributed by atoms with van der Waals surface area (Å²) in [5.74, 6) is -0.191. The van der Waals surface area contributed by atoms with Gasteiger partial charge in [-0.2, -0.15) is 0 Å². The normalized spacial score (nSPS) is 10.3. The fraction of sp³-hybridized carbons (Fsp3) is 0.600. The van der Waals surface area contributed by atoms with Crippen LogP contribution in [0.15, 0.2) is 36.9 Å². The SMILES string of the molecule is C=Cc1ccccc1.CCCCCCCCCCCCS(=O)(=O)[O-].[Na+]. The van der Waals surface area contributed by atoms with Gasteiger partial charge in [0.05, 0.1) is 10.1 Å². The van der Waals surface area contributed by atoms with E-state index in [0.29, 0.717) is 6.42 Å². The molecule has 0 aliphatic carbocycles. The molecule has 0 radical (unpaired) electrons. The van der Waals surface area contributed by atoms with Crippen LogP contribution in [0.2, 0.25) is 0 Å². The first-order valence-corrected chi connectivity index (χ1v) is 10.7. The van der Waals surface area contributed by atoms with E-state index in [-0.39, 0.29) is 35.3 Å². The molecule has 1 aromatic rings. The van der Waals surface area contributed by atoms with E-state index in [1.165, 1.54) is 50.5 Å². The summed E-state index contributed by atoms with van der Waals surface area (Å²) in [6.07, 6.45) is 13.3. The first kappa shape index (κ1) is 27.1. The third-order valence-electron chi connectivity index (χ3n) is 3.78. The summed E-state index contributed by atoms with van der Waals surface area (Å²) < 4.78 is 30.9. The molecule has 0 aliphatic rings. The quantitative estimate of drug-likeness (QED) is 0.320. The van der Waals surface area contributed by atoms with Crippen molar-refractivity contribution in [2.45, 2.75) is 71.1 Å². The van der Waals surface area contributed by atoms with Crippen molar-refractivity contribution in [2.24, 2.45) is 0 Å². The molecule has 0 saturated heterocycles. The van der Waals surface area contributed by atoms with Gasteiger partial charge in [0.2, 0.25) is 0 Å². The van der Waals surface area contributed by atoms with E-state index >= 15 is 0 Å². The number of hydrogen-bond donors (Lipinski definition) is 0. The molecule has 1 rings (SSSR count). The average Bonchev–Trinajstić information content (AvgIpc) is 2.57. The molecule has 0 aromatic heterocycles. The summed E-state index contributed by atoms with van der Waals surface area (Å²) >= 11 is 0. The molecule has 1 aromatic carbocycles. The van der Waals surface area contributed by atoms with Gasteiger partial charge >= 0.3 is 29.6 Å². The summed E-state index contributed by atoms with van der Waals surface area (Å²) in [6, 6.07) is 10.0. The maximum absolute atomic E-state index is 10.3. The molecule has 138 valence electrons. The average molecular weight is 377 g/mol. The number of benzene rings is 1.